The van der Waals surface area contributed by atoms with E-state index in [2.05, 4.69) is 0 Å². The maximum absolute atomic E-state index is 11.2. The molecule has 1 unspecified atom stereocenters. The highest BCUT2D eigenvalue weighted by Crippen LogP contribution is 2.31. The molecule has 0 bridgehead atoms. The molecule has 0 aromatic heterocycles. The molecule has 0 saturated heterocycles. The monoisotopic (exact) mass is 182 g/mol. The number of cyclic esters (lactones) is 1. The molecule has 72 valence electrons. The van der Waals surface area contributed by atoms with E-state index in [-0.39, 0.29) is 5.97 Å². The Labute approximate surface area is 77.4 Å². The van der Waals surface area contributed by atoms with Crippen LogP contribution < -0.4 is 0 Å². The molecule has 3 heteroatoms. The fourth-order valence-electron chi connectivity index (χ4n) is 2.03. The number of esters is 1. The summed E-state index contributed by atoms with van der Waals surface area (Å²) < 4.78 is 4.76. The molecule has 1 N–H and O–H groups in total. The summed E-state index contributed by atoms with van der Waals surface area (Å²) in [7, 11) is 0. The molecule has 0 fully saturated rings. The Morgan fingerprint density at radius 3 is 2.62 bits per heavy atom. The van der Waals surface area contributed by atoms with Crippen molar-refractivity contribution in [2.75, 3.05) is 0 Å². The molecule has 0 spiro atoms. The fourth-order valence-corrected chi connectivity index (χ4v) is 2.03. The molecule has 0 aromatic rings. The molecular formula is C10H14O3. The van der Waals surface area contributed by atoms with E-state index in [1.165, 1.54) is 12.8 Å². The minimum Gasteiger partial charge on any atom is -0.428 e. The van der Waals surface area contributed by atoms with E-state index in [4.69, 9.17) is 4.74 Å². The van der Waals surface area contributed by atoms with E-state index in [1.807, 2.05) is 0 Å². The van der Waals surface area contributed by atoms with Crippen molar-refractivity contribution in [3.63, 3.8) is 0 Å². The van der Waals surface area contributed by atoms with E-state index in [0.717, 1.165) is 36.8 Å². The topological polar surface area (TPSA) is 46.5 Å². The summed E-state index contributed by atoms with van der Waals surface area (Å²) in [6, 6.07) is 0. The predicted molar refractivity (Wildman–Crippen MR) is 46.8 cm³/mol. The second-order valence-corrected chi connectivity index (χ2v) is 3.68. The van der Waals surface area contributed by atoms with Crippen LogP contribution in [-0.2, 0) is 9.53 Å². The first-order valence-electron chi connectivity index (χ1n) is 4.90. The molecule has 1 atom stereocenters. The Kier molecular flexibility index (Phi) is 2.36. The lowest BCUT2D eigenvalue weighted by Gasteiger charge is -2.10. The molecule has 1 heterocycles. The van der Waals surface area contributed by atoms with Gasteiger partial charge in [0.15, 0.2) is 0 Å². The molecule has 1 aliphatic carbocycles. The van der Waals surface area contributed by atoms with Crippen molar-refractivity contribution in [2.24, 2.45) is 0 Å². The van der Waals surface area contributed by atoms with E-state index in [9.17, 15) is 9.90 Å². The number of carbonyl (C=O) groups excluding carboxylic acids is 1. The van der Waals surface area contributed by atoms with E-state index >= 15 is 0 Å². The summed E-state index contributed by atoms with van der Waals surface area (Å²) in [4.78, 5) is 11.2. The summed E-state index contributed by atoms with van der Waals surface area (Å²) >= 11 is 0. The van der Waals surface area contributed by atoms with Crippen LogP contribution in [0.2, 0.25) is 0 Å². The van der Waals surface area contributed by atoms with Gasteiger partial charge in [0.05, 0.1) is 0 Å². The molecule has 2 rings (SSSR count). The molecule has 3 nitrogen and oxygen atoms in total. The quantitative estimate of drug-likeness (QED) is 0.578. The summed E-state index contributed by atoms with van der Waals surface area (Å²) in [6.45, 7) is 0. The SMILES string of the molecule is O=C1OC(O)C2=C1CCCCCC2. The normalized spacial score (nSPS) is 29.3. The minimum atomic E-state index is -0.944. The Hall–Kier alpha value is -0.830. The number of hydrogen-bond acceptors (Lipinski definition) is 3. The highest BCUT2D eigenvalue weighted by molar-refractivity contribution is 5.92. The molecule has 0 radical (unpaired) electrons. The molecule has 0 aromatic carbocycles. The third-order valence-corrected chi connectivity index (χ3v) is 2.77. The van der Waals surface area contributed by atoms with Gasteiger partial charge < -0.3 is 9.84 Å². The molecule has 2 aliphatic rings. The van der Waals surface area contributed by atoms with Gasteiger partial charge in [0.2, 0.25) is 6.29 Å². The Morgan fingerprint density at radius 1 is 1.15 bits per heavy atom. The third-order valence-electron chi connectivity index (χ3n) is 2.77. The lowest BCUT2D eigenvalue weighted by Crippen LogP contribution is -2.09. The lowest BCUT2D eigenvalue weighted by atomic mass is 9.94. The number of ether oxygens (including phenoxy) is 1. The molecule has 0 amide bonds. The number of rotatable bonds is 0. The van der Waals surface area contributed by atoms with Gasteiger partial charge in [0.1, 0.15) is 0 Å². The second kappa shape index (κ2) is 3.50. The van der Waals surface area contributed by atoms with Crippen LogP contribution in [0.4, 0.5) is 0 Å². The zero-order valence-corrected chi connectivity index (χ0v) is 7.58. The Morgan fingerprint density at radius 2 is 1.85 bits per heavy atom. The van der Waals surface area contributed by atoms with Gasteiger partial charge in [0, 0.05) is 11.1 Å². The molecular weight excluding hydrogens is 168 g/mol. The van der Waals surface area contributed by atoms with Gasteiger partial charge in [-0.15, -0.1) is 0 Å². The first-order chi connectivity index (χ1) is 6.29. The van der Waals surface area contributed by atoms with Gasteiger partial charge >= 0.3 is 5.97 Å². The van der Waals surface area contributed by atoms with Gasteiger partial charge in [-0.1, -0.05) is 12.8 Å². The van der Waals surface area contributed by atoms with Gasteiger partial charge in [-0.2, -0.15) is 0 Å². The van der Waals surface area contributed by atoms with E-state index < -0.39 is 6.29 Å². The smallest absolute Gasteiger partial charge is 0.336 e. The lowest BCUT2D eigenvalue weighted by molar-refractivity contribution is -0.152. The van der Waals surface area contributed by atoms with Crippen LogP contribution in [0.1, 0.15) is 38.5 Å². The summed E-state index contributed by atoms with van der Waals surface area (Å²) in [6.07, 6.45) is 5.14. The third kappa shape index (κ3) is 1.61. The highest BCUT2D eigenvalue weighted by atomic mass is 16.6. The first kappa shape index (κ1) is 8.75. The van der Waals surface area contributed by atoms with Gasteiger partial charge in [-0.25, -0.2) is 4.79 Å². The standard InChI is InChI=1S/C10H14O3/c11-9-7-5-3-1-2-4-6-8(7)10(12)13-9/h9,11H,1-6H2. The Bertz CT molecular complexity index is 255. The average molecular weight is 182 g/mol. The van der Waals surface area contributed by atoms with Crippen LogP contribution in [-0.4, -0.2) is 17.4 Å². The maximum atomic E-state index is 11.2. The fraction of sp³-hybridized carbons (Fsp3) is 0.700. The zero-order chi connectivity index (χ0) is 9.26. The van der Waals surface area contributed by atoms with E-state index in [0.29, 0.717) is 0 Å². The minimum absolute atomic E-state index is 0.301. The van der Waals surface area contributed by atoms with Crippen LogP contribution in [0.15, 0.2) is 11.1 Å². The van der Waals surface area contributed by atoms with E-state index in [1.54, 1.807) is 0 Å². The molecule has 13 heavy (non-hydrogen) atoms. The van der Waals surface area contributed by atoms with Crippen molar-refractivity contribution in [3.05, 3.63) is 11.1 Å². The Balaban J connectivity index is 2.22. The number of aliphatic hydroxyl groups excluding tert-OH is 1. The molecule has 0 saturated carbocycles. The van der Waals surface area contributed by atoms with Crippen LogP contribution in [0, 0.1) is 0 Å². The van der Waals surface area contributed by atoms with Crippen molar-refractivity contribution in [1.29, 1.82) is 0 Å². The van der Waals surface area contributed by atoms with Gasteiger partial charge in [-0.05, 0) is 25.7 Å². The number of hydrogen-bond donors (Lipinski definition) is 1. The van der Waals surface area contributed by atoms with Gasteiger partial charge in [-0.3, -0.25) is 0 Å². The van der Waals surface area contributed by atoms with Crippen LogP contribution >= 0.6 is 0 Å². The zero-order valence-electron chi connectivity index (χ0n) is 7.58. The summed E-state index contributed by atoms with van der Waals surface area (Å²) in [5.41, 5.74) is 1.58. The van der Waals surface area contributed by atoms with Crippen molar-refractivity contribution in [1.82, 2.24) is 0 Å². The van der Waals surface area contributed by atoms with Crippen molar-refractivity contribution in [2.45, 2.75) is 44.8 Å². The van der Waals surface area contributed by atoms with Crippen molar-refractivity contribution < 1.29 is 14.6 Å². The predicted octanol–water partition coefficient (Wildman–Crippen LogP) is 1.51. The summed E-state index contributed by atoms with van der Waals surface area (Å²) in [5, 5.41) is 9.41. The number of aliphatic hydroxyl groups is 1. The van der Waals surface area contributed by atoms with Crippen molar-refractivity contribution in [3.8, 4) is 0 Å². The highest BCUT2D eigenvalue weighted by Gasteiger charge is 2.31. The average Bonchev–Trinajstić information content (AvgIpc) is 2.25. The van der Waals surface area contributed by atoms with Crippen LogP contribution in [0.3, 0.4) is 0 Å². The van der Waals surface area contributed by atoms with Gasteiger partial charge in [0.25, 0.3) is 0 Å². The van der Waals surface area contributed by atoms with Crippen molar-refractivity contribution >= 4 is 5.97 Å². The largest absolute Gasteiger partial charge is 0.428 e. The van der Waals surface area contributed by atoms with Crippen LogP contribution in [0.25, 0.3) is 0 Å². The first-order valence-corrected chi connectivity index (χ1v) is 4.90. The second-order valence-electron chi connectivity index (χ2n) is 3.68. The summed E-state index contributed by atoms with van der Waals surface area (Å²) in [5.74, 6) is -0.301. The number of carbonyl (C=O) groups is 1. The van der Waals surface area contributed by atoms with Crippen LogP contribution in [0.5, 0.6) is 0 Å². The maximum Gasteiger partial charge on any atom is 0.336 e. The molecule has 1 aliphatic heterocycles.